The van der Waals surface area contributed by atoms with Crippen molar-refractivity contribution >= 4 is 24.5 Å². The highest BCUT2D eigenvalue weighted by molar-refractivity contribution is 5.84. The number of phenolic OH excluding ortho intramolecular Hbond substituents is 4. The van der Waals surface area contributed by atoms with Gasteiger partial charge in [0.1, 0.15) is 23.0 Å². The van der Waals surface area contributed by atoms with Gasteiger partial charge in [0.25, 0.3) is 0 Å². The second-order valence-electron chi connectivity index (χ2n) is 10.0. The average Bonchev–Trinajstić information content (AvgIpc) is 2.82. The van der Waals surface area contributed by atoms with E-state index in [0.717, 1.165) is 11.1 Å². The first-order valence-corrected chi connectivity index (χ1v) is 12.1. The number of amides is 4. The first kappa shape index (κ1) is 29.3. The standard InChI is InChI=1S/C28H32N6O6/c1-27(2,31-25(39)33-29-15-17-8-21(35)13-22(36)9-17)19-6-5-7-20(12-19)28(3,4)32-26(40)34-30-16-18-10-23(37)14-24(38)11-18/h5-16,35-38H,1-4H3,(H2,31,33,39)(H2,32,34,40)/b29-15+,30-16+. The molecule has 0 aliphatic carbocycles. The van der Waals surface area contributed by atoms with Crippen LogP contribution in [0, 0.1) is 0 Å². The number of carbonyl (C=O) groups excluding carboxylic acids is 2. The predicted molar refractivity (Wildman–Crippen MR) is 151 cm³/mol. The highest BCUT2D eigenvalue weighted by Gasteiger charge is 2.27. The zero-order chi connectivity index (χ0) is 29.5. The molecule has 4 amide bonds. The van der Waals surface area contributed by atoms with E-state index in [1.54, 1.807) is 0 Å². The second-order valence-corrected chi connectivity index (χ2v) is 10.0. The van der Waals surface area contributed by atoms with Crippen LogP contribution in [0.2, 0.25) is 0 Å². The Balaban J connectivity index is 1.61. The summed E-state index contributed by atoms with van der Waals surface area (Å²) in [5, 5.41) is 51.5. The molecule has 0 atom stereocenters. The molecule has 0 radical (unpaired) electrons. The largest absolute Gasteiger partial charge is 0.508 e. The fraction of sp³-hybridized carbons (Fsp3) is 0.214. The Morgan fingerprint density at radius 2 is 0.975 bits per heavy atom. The van der Waals surface area contributed by atoms with Crippen LogP contribution in [-0.2, 0) is 11.1 Å². The monoisotopic (exact) mass is 548 g/mol. The molecule has 0 bridgehead atoms. The van der Waals surface area contributed by atoms with Crippen LogP contribution < -0.4 is 21.5 Å². The fourth-order valence-corrected chi connectivity index (χ4v) is 3.78. The zero-order valence-electron chi connectivity index (χ0n) is 22.4. The van der Waals surface area contributed by atoms with Crippen LogP contribution in [0.25, 0.3) is 0 Å². The van der Waals surface area contributed by atoms with Gasteiger partial charge in [0, 0.05) is 23.3 Å². The lowest BCUT2D eigenvalue weighted by Crippen LogP contribution is -2.46. The van der Waals surface area contributed by atoms with E-state index in [1.807, 2.05) is 52.0 Å². The molecular weight excluding hydrogens is 516 g/mol. The third-order valence-corrected chi connectivity index (χ3v) is 5.77. The number of hydrogen-bond acceptors (Lipinski definition) is 8. The van der Waals surface area contributed by atoms with Gasteiger partial charge in [0.05, 0.1) is 23.5 Å². The Morgan fingerprint density at radius 1 is 0.625 bits per heavy atom. The molecule has 0 saturated heterocycles. The number of hydrazone groups is 2. The quantitative estimate of drug-likeness (QED) is 0.157. The second kappa shape index (κ2) is 12.1. The molecule has 3 aromatic rings. The molecule has 210 valence electrons. The third-order valence-electron chi connectivity index (χ3n) is 5.77. The first-order valence-electron chi connectivity index (χ1n) is 12.1. The van der Waals surface area contributed by atoms with Crippen molar-refractivity contribution in [3.05, 3.63) is 82.9 Å². The summed E-state index contributed by atoms with van der Waals surface area (Å²) < 4.78 is 0. The molecule has 3 aromatic carbocycles. The lowest BCUT2D eigenvalue weighted by Gasteiger charge is -2.30. The summed E-state index contributed by atoms with van der Waals surface area (Å²) >= 11 is 0. The number of nitrogens with zero attached hydrogens (tertiary/aromatic N) is 2. The van der Waals surface area contributed by atoms with Crippen molar-refractivity contribution in [3.63, 3.8) is 0 Å². The number of aromatic hydroxyl groups is 4. The van der Waals surface area contributed by atoms with E-state index >= 15 is 0 Å². The Bertz CT molecular complexity index is 1310. The molecule has 12 heteroatoms. The maximum atomic E-state index is 12.5. The van der Waals surface area contributed by atoms with E-state index in [1.165, 1.54) is 48.8 Å². The van der Waals surface area contributed by atoms with Gasteiger partial charge in [-0.05, 0) is 63.1 Å². The van der Waals surface area contributed by atoms with E-state index in [0.29, 0.717) is 11.1 Å². The molecule has 40 heavy (non-hydrogen) atoms. The molecular formula is C28H32N6O6. The van der Waals surface area contributed by atoms with Crippen LogP contribution in [0.5, 0.6) is 23.0 Å². The molecule has 0 aliphatic rings. The molecule has 0 saturated carbocycles. The number of rotatable bonds is 8. The van der Waals surface area contributed by atoms with Crippen LogP contribution in [0.15, 0.2) is 70.9 Å². The summed E-state index contributed by atoms with van der Waals surface area (Å²) in [6.07, 6.45) is 2.56. The Labute approximate surface area is 231 Å². The molecule has 0 spiro atoms. The topological polar surface area (TPSA) is 188 Å². The van der Waals surface area contributed by atoms with Gasteiger partial charge in [-0.25, -0.2) is 20.4 Å². The van der Waals surface area contributed by atoms with Gasteiger partial charge in [-0.3, -0.25) is 0 Å². The van der Waals surface area contributed by atoms with Crippen LogP contribution in [0.4, 0.5) is 9.59 Å². The molecule has 12 nitrogen and oxygen atoms in total. The van der Waals surface area contributed by atoms with Crippen LogP contribution in [-0.4, -0.2) is 44.9 Å². The molecule has 0 heterocycles. The molecule has 0 aromatic heterocycles. The van der Waals surface area contributed by atoms with Gasteiger partial charge in [0.15, 0.2) is 0 Å². The lowest BCUT2D eigenvalue weighted by molar-refractivity contribution is 0.230. The summed E-state index contributed by atoms with van der Waals surface area (Å²) in [7, 11) is 0. The number of phenols is 4. The van der Waals surface area contributed by atoms with E-state index in [-0.39, 0.29) is 23.0 Å². The minimum Gasteiger partial charge on any atom is -0.508 e. The highest BCUT2D eigenvalue weighted by Crippen LogP contribution is 2.27. The number of urea groups is 2. The summed E-state index contributed by atoms with van der Waals surface area (Å²) in [4.78, 5) is 25.0. The number of hydrogen-bond donors (Lipinski definition) is 8. The average molecular weight is 549 g/mol. The summed E-state index contributed by atoms with van der Waals surface area (Å²) in [6.45, 7) is 7.24. The van der Waals surface area contributed by atoms with E-state index in [2.05, 4.69) is 31.7 Å². The third kappa shape index (κ3) is 8.38. The Kier molecular flexibility index (Phi) is 8.84. The van der Waals surface area contributed by atoms with Gasteiger partial charge in [-0.1, -0.05) is 24.3 Å². The number of nitrogens with one attached hydrogen (secondary N) is 4. The van der Waals surface area contributed by atoms with E-state index in [4.69, 9.17) is 0 Å². The predicted octanol–water partition coefficient (Wildman–Crippen LogP) is 3.65. The van der Waals surface area contributed by atoms with Crippen LogP contribution in [0.1, 0.15) is 49.9 Å². The van der Waals surface area contributed by atoms with Gasteiger partial charge >= 0.3 is 12.1 Å². The van der Waals surface area contributed by atoms with Crippen molar-refractivity contribution in [3.8, 4) is 23.0 Å². The summed E-state index contributed by atoms with van der Waals surface area (Å²) in [5.41, 5.74) is 5.38. The van der Waals surface area contributed by atoms with Crippen LogP contribution in [0.3, 0.4) is 0 Å². The molecule has 0 unspecified atom stereocenters. The Hall–Kier alpha value is -5.26. The number of benzene rings is 3. The van der Waals surface area contributed by atoms with E-state index < -0.39 is 23.1 Å². The molecule has 0 fully saturated rings. The van der Waals surface area contributed by atoms with Crippen molar-refractivity contribution in [1.82, 2.24) is 21.5 Å². The van der Waals surface area contributed by atoms with Crippen molar-refractivity contribution in [2.45, 2.75) is 38.8 Å². The van der Waals surface area contributed by atoms with Crippen molar-refractivity contribution in [2.75, 3.05) is 0 Å². The summed E-state index contributed by atoms with van der Waals surface area (Å²) in [6, 6.07) is 14.1. The normalized spacial score (nSPS) is 11.9. The maximum Gasteiger partial charge on any atom is 0.335 e. The SMILES string of the molecule is CC(C)(NC(=O)N/N=C/c1cc(O)cc(O)c1)c1cccc(C(C)(C)NC(=O)N/N=C/c2cc(O)cc(O)c2)c1. The summed E-state index contributed by atoms with van der Waals surface area (Å²) in [5.74, 6) is -0.541. The first-order chi connectivity index (χ1) is 18.7. The smallest absolute Gasteiger partial charge is 0.335 e. The highest BCUT2D eigenvalue weighted by atomic mass is 16.3. The van der Waals surface area contributed by atoms with Crippen molar-refractivity contribution in [1.29, 1.82) is 0 Å². The zero-order valence-corrected chi connectivity index (χ0v) is 22.4. The van der Waals surface area contributed by atoms with Gasteiger partial charge < -0.3 is 31.1 Å². The van der Waals surface area contributed by atoms with Crippen LogP contribution >= 0.6 is 0 Å². The Morgan fingerprint density at radius 3 is 1.32 bits per heavy atom. The fourth-order valence-electron chi connectivity index (χ4n) is 3.78. The van der Waals surface area contributed by atoms with Crippen molar-refractivity contribution < 1.29 is 30.0 Å². The van der Waals surface area contributed by atoms with Crippen molar-refractivity contribution in [2.24, 2.45) is 10.2 Å². The van der Waals surface area contributed by atoms with Gasteiger partial charge in [-0.15, -0.1) is 0 Å². The number of carbonyl (C=O) groups is 2. The molecule has 3 rings (SSSR count). The maximum absolute atomic E-state index is 12.5. The molecule has 8 N–H and O–H groups in total. The minimum atomic E-state index is -0.825. The minimum absolute atomic E-state index is 0.135. The van der Waals surface area contributed by atoms with E-state index in [9.17, 15) is 30.0 Å². The molecule has 0 aliphatic heterocycles. The lowest BCUT2D eigenvalue weighted by atomic mass is 9.87. The van der Waals surface area contributed by atoms with Gasteiger partial charge in [-0.2, -0.15) is 10.2 Å². The van der Waals surface area contributed by atoms with Gasteiger partial charge in [0.2, 0.25) is 0 Å².